The average molecular weight is 235 g/mol. The summed E-state index contributed by atoms with van der Waals surface area (Å²) in [4.78, 5) is 11.7. The summed E-state index contributed by atoms with van der Waals surface area (Å²) >= 11 is 0. The molecule has 1 aromatic rings. The van der Waals surface area contributed by atoms with Gasteiger partial charge in [0.1, 0.15) is 5.60 Å². The molecule has 4 nitrogen and oxygen atoms in total. The predicted octanol–water partition coefficient (Wildman–Crippen LogP) is 2.50. The lowest BCUT2D eigenvalue weighted by molar-refractivity contribution is -0.118. The van der Waals surface area contributed by atoms with Crippen molar-refractivity contribution in [1.82, 2.24) is 0 Å². The molecule has 2 rings (SSSR count). The lowest BCUT2D eigenvalue weighted by atomic mass is 10.1. The van der Waals surface area contributed by atoms with Gasteiger partial charge in [0, 0.05) is 0 Å². The standard InChI is InChI=1S/C13H17NO3/c1-8-5-9-12(10(6-8)16-4)17-13(2,3)7-11(15)14-9/h5-6H,7H2,1-4H3,(H,14,15). The van der Waals surface area contributed by atoms with Gasteiger partial charge in [0.15, 0.2) is 11.5 Å². The molecule has 0 aromatic heterocycles. The molecule has 17 heavy (non-hydrogen) atoms. The second kappa shape index (κ2) is 3.95. The van der Waals surface area contributed by atoms with Crippen LogP contribution in [0.25, 0.3) is 0 Å². The molecule has 0 aliphatic carbocycles. The van der Waals surface area contributed by atoms with E-state index in [4.69, 9.17) is 9.47 Å². The smallest absolute Gasteiger partial charge is 0.228 e. The van der Waals surface area contributed by atoms with Crippen LogP contribution in [0.3, 0.4) is 0 Å². The number of nitrogens with one attached hydrogen (secondary N) is 1. The third-order valence-corrected chi connectivity index (χ3v) is 2.66. The molecule has 92 valence electrons. The van der Waals surface area contributed by atoms with Gasteiger partial charge in [-0.2, -0.15) is 0 Å². The van der Waals surface area contributed by atoms with Gasteiger partial charge in [0.2, 0.25) is 5.91 Å². The van der Waals surface area contributed by atoms with E-state index in [0.717, 1.165) is 5.56 Å². The van der Waals surface area contributed by atoms with Gasteiger partial charge in [-0.15, -0.1) is 0 Å². The van der Waals surface area contributed by atoms with Crippen molar-refractivity contribution in [3.05, 3.63) is 17.7 Å². The summed E-state index contributed by atoms with van der Waals surface area (Å²) in [6.45, 7) is 5.73. The van der Waals surface area contributed by atoms with E-state index in [0.29, 0.717) is 23.6 Å². The summed E-state index contributed by atoms with van der Waals surface area (Å²) in [6, 6.07) is 3.78. The summed E-state index contributed by atoms with van der Waals surface area (Å²) in [5.41, 5.74) is 1.17. The van der Waals surface area contributed by atoms with Crippen LogP contribution in [0.4, 0.5) is 5.69 Å². The highest BCUT2D eigenvalue weighted by molar-refractivity contribution is 5.94. The number of carbonyl (C=O) groups excluding carboxylic acids is 1. The number of amides is 1. The molecule has 0 fully saturated rings. The molecule has 0 unspecified atom stereocenters. The Morgan fingerprint density at radius 1 is 1.41 bits per heavy atom. The molecule has 1 amide bonds. The lowest BCUT2D eigenvalue weighted by Crippen LogP contribution is -2.30. The van der Waals surface area contributed by atoms with Gasteiger partial charge < -0.3 is 14.8 Å². The summed E-state index contributed by atoms with van der Waals surface area (Å²) < 4.78 is 11.2. The molecule has 1 aliphatic heterocycles. The number of fused-ring (bicyclic) bond motifs is 1. The zero-order chi connectivity index (χ0) is 12.6. The fraction of sp³-hybridized carbons (Fsp3) is 0.462. The van der Waals surface area contributed by atoms with E-state index in [1.807, 2.05) is 32.9 Å². The van der Waals surface area contributed by atoms with E-state index >= 15 is 0 Å². The van der Waals surface area contributed by atoms with E-state index in [2.05, 4.69) is 5.32 Å². The molecule has 0 saturated heterocycles. The van der Waals surface area contributed by atoms with Crippen LogP contribution in [0.15, 0.2) is 12.1 Å². The second-order valence-electron chi connectivity index (χ2n) is 4.93. The van der Waals surface area contributed by atoms with Crippen LogP contribution in [0.5, 0.6) is 11.5 Å². The van der Waals surface area contributed by atoms with Crippen LogP contribution in [0, 0.1) is 6.92 Å². The van der Waals surface area contributed by atoms with Crippen LogP contribution in [-0.4, -0.2) is 18.6 Å². The fourth-order valence-electron chi connectivity index (χ4n) is 1.98. The van der Waals surface area contributed by atoms with Crippen molar-refractivity contribution < 1.29 is 14.3 Å². The van der Waals surface area contributed by atoms with Gasteiger partial charge in [0.25, 0.3) is 0 Å². The van der Waals surface area contributed by atoms with Crippen LogP contribution >= 0.6 is 0 Å². The third kappa shape index (κ3) is 2.35. The maximum Gasteiger partial charge on any atom is 0.228 e. The summed E-state index contributed by atoms with van der Waals surface area (Å²) in [6.07, 6.45) is 0.323. The van der Waals surface area contributed by atoms with Gasteiger partial charge in [-0.1, -0.05) is 0 Å². The molecule has 1 aliphatic rings. The Morgan fingerprint density at radius 3 is 2.76 bits per heavy atom. The first-order chi connectivity index (χ1) is 7.91. The van der Waals surface area contributed by atoms with Crippen molar-refractivity contribution in [2.45, 2.75) is 32.8 Å². The van der Waals surface area contributed by atoms with Crippen molar-refractivity contribution in [2.75, 3.05) is 12.4 Å². The molecule has 0 atom stereocenters. The number of carbonyl (C=O) groups is 1. The maximum atomic E-state index is 11.7. The number of rotatable bonds is 1. The molecule has 0 bridgehead atoms. The number of benzene rings is 1. The Balaban J connectivity index is 2.56. The number of anilines is 1. The minimum Gasteiger partial charge on any atom is -0.493 e. The molecule has 0 radical (unpaired) electrons. The first-order valence-corrected chi connectivity index (χ1v) is 5.59. The quantitative estimate of drug-likeness (QED) is 0.813. The molecule has 0 spiro atoms. The van der Waals surface area contributed by atoms with Gasteiger partial charge in [-0.25, -0.2) is 0 Å². The van der Waals surface area contributed by atoms with Gasteiger partial charge in [-0.3, -0.25) is 4.79 Å². The average Bonchev–Trinajstić information content (AvgIpc) is 2.30. The SMILES string of the molecule is COc1cc(C)cc2c1OC(C)(C)CC(=O)N2. The minimum atomic E-state index is -0.530. The van der Waals surface area contributed by atoms with E-state index in [-0.39, 0.29) is 5.91 Å². The third-order valence-electron chi connectivity index (χ3n) is 2.66. The minimum absolute atomic E-state index is 0.0404. The van der Waals surface area contributed by atoms with Crippen LogP contribution in [0.2, 0.25) is 0 Å². The highest BCUT2D eigenvalue weighted by Gasteiger charge is 2.31. The van der Waals surface area contributed by atoms with Crippen molar-refractivity contribution in [3.63, 3.8) is 0 Å². The Hall–Kier alpha value is -1.71. The number of aryl methyl sites for hydroxylation is 1. The highest BCUT2D eigenvalue weighted by Crippen LogP contribution is 2.41. The predicted molar refractivity (Wildman–Crippen MR) is 65.7 cm³/mol. The molecular weight excluding hydrogens is 218 g/mol. The van der Waals surface area contributed by atoms with E-state index in [1.54, 1.807) is 7.11 Å². The second-order valence-corrected chi connectivity index (χ2v) is 4.93. The van der Waals surface area contributed by atoms with Gasteiger partial charge in [-0.05, 0) is 38.5 Å². The Morgan fingerprint density at radius 2 is 2.12 bits per heavy atom. The molecule has 1 heterocycles. The lowest BCUT2D eigenvalue weighted by Gasteiger charge is -2.24. The first-order valence-electron chi connectivity index (χ1n) is 5.59. The van der Waals surface area contributed by atoms with Crippen molar-refractivity contribution in [1.29, 1.82) is 0 Å². The summed E-state index contributed by atoms with van der Waals surface area (Å²) in [5.74, 6) is 1.21. The zero-order valence-electron chi connectivity index (χ0n) is 10.6. The fourth-order valence-corrected chi connectivity index (χ4v) is 1.98. The Bertz CT molecular complexity index is 466. The van der Waals surface area contributed by atoms with E-state index in [9.17, 15) is 4.79 Å². The number of hydrogen-bond donors (Lipinski definition) is 1. The van der Waals surface area contributed by atoms with Crippen molar-refractivity contribution in [3.8, 4) is 11.5 Å². The maximum absolute atomic E-state index is 11.7. The van der Waals surface area contributed by atoms with Crippen molar-refractivity contribution >= 4 is 11.6 Å². The van der Waals surface area contributed by atoms with Gasteiger partial charge >= 0.3 is 0 Å². The number of ether oxygens (including phenoxy) is 2. The molecule has 4 heteroatoms. The van der Waals surface area contributed by atoms with Crippen LogP contribution in [-0.2, 0) is 4.79 Å². The largest absolute Gasteiger partial charge is 0.493 e. The first kappa shape index (κ1) is 11.8. The van der Waals surface area contributed by atoms with E-state index in [1.165, 1.54) is 0 Å². The monoisotopic (exact) mass is 235 g/mol. The normalized spacial score (nSPS) is 17.5. The Labute approximate surface area is 101 Å². The number of hydrogen-bond acceptors (Lipinski definition) is 3. The molecule has 0 saturated carbocycles. The highest BCUT2D eigenvalue weighted by atomic mass is 16.5. The van der Waals surface area contributed by atoms with Crippen LogP contribution < -0.4 is 14.8 Å². The van der Waals surface area contributed by atoms with E-state index < -0.39 is 5.60 Å². The summed E-state index contributed by atoms with van der Waals surface area (Å²) in [5, 5.41) is 2.85. The molecule has 1 N–H and O–H groups in total. The molecular formula is C13H17NO3. The van der Waals surface area contributed by atoms with Gasteiger partial charge in [0.05, 0.1) is 19.2 Å². The Kier molecular flexibility index (Phi) is 2.73. The number of methoxy groups -OCH3 is 1. The van der Waals surface area contributed by atoms with Crippen LogP contribution in [0.1, 0.15) is 25.8 Å². The molecule has 1 aromatic carbocycles. The zero-order valence-corrected chi connectivity index (χ0v) is 10.6. The van der Waals surface area contributed by atoms with Crippen molar-refractivity contribution in [2.24, 2.45) is 0 Å². The topological polar surface area (TPSA) is 47.6 Å². The summed E-state index contributed by atoms with van der Waals surface area (Å²) in [7, 11) is 1.60.